The normalized spacial score (nSPS) is 10.0. The first kappa shape index (κ1) is 12.1. The van der Waals surface area contributed by atoms with Crippen LogP contribution in [0, 0.1) is 0 Å². The SMILES string of the molecule is NC(=S)c1cn[nH]c1NC(=O)c1cccc(O)c1. The van der Waals surface area contributed by atoms with Crippen molar-refractivity contribution >= 4 is 28.9 Å². The number of phenolic OH excluding ortho intramolecular Hbond substituents is 1. The van der Waals surface area contributed by atoms with Crippen LogP contribution in [0.3, 0.4) is 0 Å². The number of anilines is 1. The van der Waals surface area contributed by atoms with Gasteiger partial charge in [0.25, 0.3) is 5.91 Å². The molecule has 1 aromatic heterocycles. The highest BCUT2D eigenvalue weighted by molar-refractivity contribution is 7.80. The van der Waals surface area contributed by atoms with Crippen LogP contribution in [0.5, 0.6) is 5.75 Å². The third-order valence-corrected chi connectivity index (χ3v) is 2.47. The van der Waals surface area contributed by atoms with Gasteiger partial charge in [-0.3, -0.25) is 9.89 Å². The maximum atomic E-state index is 11.9. The zero-order valence-electron chi connectivity index (χ0n) is 9.18. The molecule has 92 valence electrons. The average Bonchev–Trinajstić information content (AvgIpc) is 2.77. The molecule has 0 unspecified atom stereocenters. The van der Waals surface area contributed by atoms with E-state index in [2.05, 4.69) is 15.5 Å². The quantitative estimate of drug-likeness (QED) is 0.618. The maximum absolute atomic E-state index is 11.9. The van der Waals surface area contributed by atoms with Crippen molar-refractivity contribution in [2.24, 2.45) is 5.73 Å². The van der Waals surface area contributed by atoms with Crippen LogP contribution in [-0.2, 0) is 0 Å². The topological polar surface area (TPSA) is 104 Å². The highest BCUT2D eigenvalue weighted by Gasteiger charge is 2.12. The summed E-state index contributed by atoms with van der Waals surface area (Å²) in [5, 5.41) is 18.2. The standard InChI is InChI=1S/C11H10N4O2S/c12-9(18)8-5-13-15-10(8)14-11(17)6-2-1-3-7(16)4-6/h1-5,16H,(H2,12,18)(H2,13,14,15,17). The molecule has 0 saturated heterocycles. The van der Waals surface area contributed by atoms with Crippen LogP contribution in [-0.4, -0.2) is 26.2 Å². The lowest BCUT2D eigenvalue weighted by Crippen LogP contribution is -2.16. The molecule has 1 heterocycles. The summed E-state index contributed by atoms with van der Waals surface area (Å²) < 4.78 is 0. The number of nitrogens with two attached hydrogens (primary N) is 1. The highest BCUT2D eigenvalue weighted by atomic mass is 32.1. The van der Waals surface area contributed by atoms with Gasteiger partial charge in [-0.25, -0.2) is 0 Å². The van der Waals surface area contributed by atoms with Gasteiger partial charge in [-0.2, -0.15) is 5.10 Å². The van der Waals surface area contributed by atoms with Crippen molar-refractivity contribution < 1.29 is 9.90 Å². The number of nitrogens with one attached hydrogen (secondary N) is 2. The van der Waals surface area contributed by atoms with Crippen molar-refractivity contribution in [3.05, 3.63) is 41.6 Å². The van der Waals surface area contributed by atoms with E-state index >= 15 is 0 Å². The van der Waals surface area contributed by atoms with Gasteiger partial charge in [0.2, 0.25) is 0 Å². The van der Waals surface area contributed by atoms with Gasteiger partial charge in [0.15, 0.2) is 0 Å². The number of H-pyrrole nitrogens is 1. The monoisotopic (exact) mass is 262 g/mol. The minimum atomic E-state index is -0.396. The molecule has 7 heteroatoms. The summed E-state index contributed by atoms with van der Waals surface area (Å²) in [6.07, 6.45) is 1.43. The summed E-state index contributed by atoms with van der Waals surface area (Å²) in [4.78, 5) is 12.0. The Morgan fingerprint density at radius 2 is 2.28 bits per heavy atom. The van der Waals surface area contributed by atoms with Crippen LogP contribution in [0.25, 0.3) is 0 Å². The first-order valence-corrected chi connectivity index (χ1v) is 5.42. The summed E-state index contributed by atoms with van der Waals surface area (Å²) in [6, 6.07) is 5.98. The maximum Gasteiger partial charge on any atom is 0.256 e. The molecular formula is C11H10N4O2S. The van der Waals surface area contributed by atoms with Gasteiger partial charge in [-0.05, 0) is 18.2 Å². The van der Waals surface area contributed by atoms with E-state index in [9.17, 15) is 9.90 Å². The van der Waals surface area contributed by atoms with Gasteiger partial charge in [0, 0.05) is 5.56 Å². The largest absolute Gasteiger partial charge is 0.508 e. The van der Waals surface area contributed by atoms with Crippen molar-refractivity contribution in [1.29, 1.82) is 0 Å². The molecule has 0 spiro atoms. The molecule has 1 amide bonds. The van der Waals surface area contributed by atoms with Crippen LogP contribution in [0.1, 0.15) is 15.9 Å². The predicted molar refractivity (Wildman–Crippen MR) is 70.5 cm³/mol. The number of phenols is 1. The number of aromatic hydroxyl groups is 1. The molecule has 18 heavy (non-hydrogen) atoms. The van der Waals surface area contributed by atoms with Crippen molar-refractivity contribution in [1.82, 2.24) is 10.2 Å². The Balaban J connectivity index is 2.21. The smallest absolute Gasteiger partial charge is 0.256 e. The lowest BCUT2D eigenvalue weighted by atomic mass is 10.2. The van der Waals surface area contributed by atoms with Crippen molar-refractivity contribution in [2.45, 2.75) is 0 Å². The molecule has 6 nitrogen and oxygen atoms in total. The van der Waals surface area contributed by atoms with E-state index in [1.54, 1.807) is 12.1 Å². The number of aromatic nitrogens is 2. The second kappa shape index (κ2) is 4.84. The van der Waals surface area contributed by atoms with E-state index in [0.29, 0.717) is 16.9 Å². The molecule has 1 aromatic carbocycles. The first-order valence-electron chi connectivity index (χ1n) is 5.01. The van der Waals surface area contributed by atoms with E-state index < -0.39 is 5.91 Å². The van der Waals surface area contributed by atoms with Crippen LogP contribution in [0.4, 0.5) is 5.82 Å². The zero-order chi connectivity index (χ0) is 13.1. The summed E-state index contributed by atoms with van der Waals surface area (Å²) in [5.41, 5.74) is 6.25. The molecule has 2 aromatic rings. The molecule has 2 rings (SSSR count). The number of aromatic amines is 1. The van der Waals surface area contributed by atoms with Gasteiger partial charge < -0.3 is 16.2 Å². The van der Waals surface area contributed by atoms with E-state index in [-0.39, 0.29) is 10.7 Å². The molecule has 5 N–H and O–H groups in total. The predicted octanol–water partition coefficient (Wildman–Crippen LogP) is 1.00. The number of carbonyl (C=O) groups excluding carboxylic acids is 1. The second-order valence-corrected chi connectivity index (χ2v) is 3.97. The molecule has 0 bridgehead atoms. The fourth-order valence-electron chi connectivity index (χ4n) is 1.40. The van der Waals surface area contributed by atoms with E-state index in [1.165, 1.54) is 18.3 Å². The lowest BCUT2D eigenvalue weighted by molar-refractivity contribution is 0.102. The number of benzene rings is 1. The van der Waals surface area contributed by atoms with Crippen molar-refractivity contribution in [3.63, 3.8) is 0 Å². The molecule has 0 aliphatic rings. The van der Waals surface area contributed by atoms with Gasteiger partial charge in [0.05, 0.1) is 11.8 Å². The van der Waals surface area contributed by atoms with Crippen LogP contribution in [0.2, 0.25) is 0 Å². The number of thiocarbonyl (C=S) groups is 1. The Morgan fingerprint density at radius 3 is 2.94 bits per heavy atom. The van der Waals surface area contributed by atoms with Gasteiger partial charge in [-0.15, -0.1) is 0 Å². The molecule has 0 saturated carbocycles. The number of hydrogen-bond donors (Lipinski definition) is 4. The summed E-state index contributed by atoms with van der Waals surface area (Å²) >= 11 is 4.82. The number of nitrogens with zero attached hydrogens (tertiary/aromatic N) is 1. The lowest BCUT2D eigenvalue weighted by Gasteiger charge is -2.05. The molecule has 0 aliphatic carbocycles. The van der Waals surface area contributed by atoms with Gasteiger partial charge in [-0.1, -0.05) is 18.3 Å². The fraction of sp³-hybridized carbons (Fsp3) is 0. The van der Waals surface area contributed by atoms with Crippen molar-refractivity contribution in [2.75, 3.05) is 5.32 Å². The second-order valence-electron chi connectivity index (χ2n) is 3.53. The molecule has 0 atom stereocenters. The summed E-state index contributed by atoms with van der Waals surface area (Å²) in [5.74, 6) is -0.0506. The summed E-state index contributed by atoms with van der Waals surface area (Å²) in [7, 11) is 0. The van der Waals surface area contributed by atoms with E-state index in [0.717, 1.165) is 0 Å². The first-order chi connectivity index (χ1) is 8.58. The number of hydrogen-bond acceptors (Lipinski definition) is 4. The fourth-order valence-corrected chi connectivity index (χ4v) is 1.56. The molecular weight excluding hydrogens is 252 g/mol. The van der Waals surface area contributed by atoms with Crippen molar-refractivity contribution in [3.8, 4) is 5.75 Å². The van der Waals surface area contributed by atoms with Gasteiger partial charge in [0.1, 0.15) is 16.6 Å². The third-order valence-electron chi connectivity index (χ3n) is 2.25. The van der Waals surface area contributed by atoms with E-state index in [4.69, 9.17) is 18.0 Å². The van der Waals surface area contributed by atoms with Crippen LogP contribution < -0.4 is 11.1 Å². The van der Waals surface area contributed by atoms with Crippen LogP contribution in [0.15, 0.2) is 30.5 Å². The Morgan fingerprint density at radius 1 is 1.50 bits per heavy atom. The van der Waals surface area contributed by atoms with E-state index in [1.807, 2.05) is 0 Å². The Kier molecular flexibility index (Phi) is 3.24. The molecule has 0 radical (unpaired) electrons. The Bertz CT molecular complexity index is 609. The number of amides is 1. The number of rotatable bonds is 3. The Labute approximate surface area is 108 Å². The molecule has 0 aliphatic heterocycles. The zero-order valence-corrected chi connectivity index (χ0v) is 9.99. The van der Waals surface area contributed by atoms with Gasteiger partial charge >= 0.3 is 0 Å². The minimum absolute atomic E-state index is 0.0156. The summed E-state index contributed by atoms with van der Waals surface area (Å²) in [6.45, 7) is 0. The third kappa shape index (κ3) is 2.46. The molecule has 0 fully saturated rings. The number of carbonyl (C=O) groups is 1. The highest BCUT2D eigenvalue weighted by Crippen LogP contribution is 2.15. The van der Waals surface area contributed by atoms with Crippen LogP contribution >= 0.6 is 12.2 Å². The Hall–Kier alpha value is -2.41. The average molecular weight is 262 g/mol. The minimum Gasteiger partial charge on any atom is -0.508 e.